The maximum absolute atomic E-state index is 4.45. The van der Waals surface area contributed by atoms with E-state index in [4.69, 9.17) is 0 Å². The van der Waals surface area contributed by atoms with E-state index < -0.39 is 0 Å². The van der Waals surface area contributed by atoms with E-state index in [9.17, 15) is 0 Å². The lowest BCUT2D eigenvalue weighted by Crippen LogP contribution is -2.40. The highest BCUT2D eigenvalue weighted by Crippen LogP contribution is 2.26. The first-order valence-electron chi connectivity index (χ1n) is 7.18. The number of halogens is 1. The van der Waals surface area contributed by atoms with E-state index in [1.807, 2.05) is 18.7 Å². The van der Waals surface area contributed by atoms with E-state index in [1.54, 1.807) is 0 Å². The molecule has 0 aliphatic carbocycles. The molecule has 0 saturated heterocycles. The van der Waals surface area contributed by atoms with Gasteiger partial charge in [0.1, 0.15) is 0 Å². The van der Waals surface area contributed by atoms with Crippen LogP contribution in [0.2, 0.25) is 0 Å². The lowest BCUT2D eigenvalue weighted by Gasteiger charge is -2.31. The molecule has 1 atom stereocenters. The Hall–Kier alpha value is -0.350. The first-order chi connectivity index (χ1) is 8.77. The fraction of sp³-hybridized carbons (Fsp3) is 0.800. The molecule has 0 fully saturated rings. The van der Waals surface area contributed by atoms with Crippen molar-refractivity contribution in [2.24, 2.45) is 12.5 Å². The molecule has 1 N–H and O–H groups in total. The molecule has 1 unspecified atom stereocenters. The topological polar surface area (TPSA) is 29.9 Å². The van der Waals surface area contributed by atoms with Gasteiger partial charge in [0, 0.05) is 13.1 Å². The number of nitrogens with one attached hydrogen (secondary N) is 1. The predicted molar refractivity (Wildman–Crippen MR) is 85.5 cm³/mol. The van der Waals surface area contributed by atoms with Gasteiger partial charge in [0.25, 0.3) is 0 Å². The lowest BCUT2D eigenvalue weighted by atomic mass is 9.83. The summed E-state index contributed by atoms with van der Waals surface area (Å²) in [6, 6.07) is 0.575. The summed E-state index contributed by atoms with van der Waals surface area (Å²) in [5, 5.41) is 8.06. The summed E-state index contributed by atoms with van der Waals surface area (Å²) in [6.45, 7) is 12.2. The minimum absolute atomic E-state index is 0.315. The highest BCUT2D eigenvalue weighted by Gasteiger charge is 2.23. The molecule has 0 aliphatic rings. The second-order valence-corrected chi connectivity index (χ2v) is 7.13. The molecule has 0 spiro atoms. The molecule has 110 valence electrons. The Kier molecular flexibility index (Phi) is 6.06. The normalized spacial score (nSPS) is 13.8. The molecule has 1 aromatic rings. The quantitative estimate of drug-likeness (QED) is 0.859. The Morgan fingerprint density at radius 3 is 2.42 bits per heavy atom. The van der Waals surface area contributed by atoms with Crippen molar-refractivity contribution in [2.45, 2.75) is 59.9 Å². The largest absolute Gasteiger partial charge is 0.314 e. The van der Waals surface area contributed by atoms with Gasteiger partial charge in [-0.15, -0.1) is 0 Å². The average Bonchev–Trinajstić information content (AvgIpc) is 2.53. The second kappa shape index (κ2) is 6.89. The van der Waals surface area contributed by atoms with Crippen LogP contribution in [-0.4, -0.2) is 22.4 Å². The summed E-state index contributed by atoms with van der Waals surface area (Å²) in [5.41, 5.74) is 2.70. The molecule has 1 aromatic heterocycles. The van der Waals surface area contributed by atoms with Gasteiger partial charge in [0.05, 0.1) is 15.9 Å². The van der Waals surface area contributed by atoms with Crippen LogP contribution in [0.25, 0.3) is 0 Å². The number of aromatic nitrogens is 2. The second-order valence-electron chi connectivity index (χ2n) is 6.34. The van der Waals surface area contributed by atoms with Gasteiger partial charge in [-0.05, 0) is 54.1 Å². The van der Waals surface area contributed by atoms with Crippen LogP contribution in [0.4, 0.5) is 0 Å². The highest BCUT2D eigenvalue weighted by atomic mass is 79.9. The number of hydrogen-bond acceptors (Lipinski definition) is 2. The molecular formula is C15H28BrN3. The summed E-state index contributed by atoms with van der Waals surface area (Å²) >= 11 is 3.64. The third kappa shape index (κ3) is 4.60. The first-order valence-corrected chi connectivity index (χ1v) is 7.98. The summed E-state index contributed by atoms with van der Waals surface area (Å²) in [7, 11) is 2.03. The minimum atomic E-state index is 0.315. The van der Waals surface area contributed by atoms with E-state index in [0.717, 1.165) is 18.7 Å². The number of hydrogen-bond donors (Lipinski definition) is 1. The zero-order valence-electron chi connectivity index (χ0n) is 13.2. The lowest BCUT2D eigenvalue weighted by molar-refractivity contribution is 0.254. The molecule has 0 radical (unpaired) electrons. The maximum Gasteiger partial charge on any atom is 0.0738 e. The van der Waals surface area contributed by atoms with Gasteiger partial charge in [-0.1, -0.05) is 27.7 Å². The van der Waals surface area contributed by atoms with Crippen molar-refractivity contribution in [3.63, 3.8) is 0 Å². The van der Waals surface area contributed by atoms with Crippen molar-refractivity contribution in [2.75, 3.05) is 6.54 Å². The van der Waals surface area contributed by atoms with Crippen LogP contribution in [0.3, 0.4) is 0 Å². The Morgan fingerprint density at radius 2 is 2.00 bits per heavy atom. The summed E-state index contributed by atoms with van der Waals surface area (Å²) in [4.78, 5) is 0. The van der Waals surface area contributed by atoms with Crippen molar-refractivity contribution < 1.29 is 0 Å². The summed E-state index contributed by atoms with van der Waals surface area (Å²) in [5.74, 6) is 0. The fourth-order valence-electron chi connectivity index (χ4n) is 2.51. The maximum atomic E-state index is 4.45. The molecular weight excluding hydrogens is 302 g/mol. The molecule has 4 heteroatoms. The smallest absolute Gasteiger partial charge is 0.0738 e. The third-order valence-electron chi connectivity index (χ3n) is 3.66. The van der Waals surface area contributed by atoms with E-state index in [1.165, 1.54) is 23.0 Å². The van der Waals surface area contributed by atoms with Gasteiger partial charge in [-0.2, -0.15) is 5.10 Å². The van der Waals surface area contributed by atoms with Crippen molar-refractivity contribution in [1.29, 1.82) is 0 Å². The number of nitrogens with zero attached hydrogens (tertiary/aromatic N) is 2. The molecule has 1 rings (SSSR count). The SMILES string of the molecule is CCNC(CCCc1c(Br)c(C)nn1C)C(C)(C)C. The van der Waals surface area contributed by atoms with Crippen LogP contribution in [0, 0.1) is 12.3 Å². The summed E-state index contributed by atoms with van der Waals surface area (Å²) < 4.78 is 3.17. The Labute approximate surface area is 126 Å². The van der Waals surface area contributed by atoms with Gasteiger partial charge in [0.2, 0.25) is 0 Å². The Balaban J connectivity index is 2.57. The Morgan fingerprint density at radius 1 is 1.37 bits per heavy atom. The van der Waals surface area contributed by atoms with Gasteiger partial charge in [-0.25, -0.2) is 0 Å². The van der Waals surface area contributed by atoms with Crippen molar-refractivity contribution in [3.8, 4) is 0 Å². The van der Waals surface area contributed by atoms with Gasteiger partial charge >= 0.3 is 0 Å². The zero-order chi connectivity index (χ0) is 14.6. The average molecular weight is 330 g/mol. The highest BCUT2D eigenvalue weighted by molar-refractivity contribution is 9.10. The van der Waals surface area contributed by atoms with Crippen LogP contribution in [0.1, 0.15) is 51.9 Å². The van der Waals surface area contributed by atoms with Crippen LogP contribution in [0.15, 0.2) is 4.47 Å². The molecule has 0 bridgehead atoms. The van der Waals surface area contributed by atoms with E-state index in [2.05, 4.69) is 54.0 Å². The summed E-state index contributed by atoms with van der Waals surface area (Å²) in [6.07, 6.45) is 3.47. The predicted octanol–water partition coefficient (Wildman–Crippen LogP) is 3.84. The van der Waals surface area contributed by atoms with E-state index >= 15 is 0 Å². The van der Waals surface area contributed by atoms with E-state index in [-0.39, 0.29) is 0 Å². The third-order valence-corrected chi connectivity index (χ3v) is 4.70. The minimum Gasteiger partial charge on any atom is -0.314 e. The molecule has 0 aromatic carbocycles. The fourth-order valence-corrected chi connectivity index (χ4v) is 3.05. The standard InChI is InChI=1S/C15H28BrN3/c1-7-17-13(15(3,4)5)10-8-9-12-14(16)11(2)18-19(12)6/h13,17H,7-10H2,1-6H3. The van der Waals surface area contributed by atoms with Crippen LogP contribution >= 0.6 is 15.9 Å². The van der Waals surface area contributed by atoms with Gasteiger partial charge in [0.15, 0.2) is 0 Å². The zero-order valence-corrected chi connectivity index (χ0v) is 14.8. The van der Waals surface area contributed by atoms with Crippen molar-refractivity contribution >= 4 is 15.9 Å². The molecule has 1 heterocycles. The number of aryl methyl sites for hydroxylation is 2. The molecule has 0 amide bonds. The monoisotopic (exact) mass is 329 g/mol. The van der Waals surface area contributed by atoms with Gasteiger partial charge in [-0.3, -0.25) is 4.68 Å². The molecule has 19 heavy (non-hydrogen) atoms. The molecule has 0 aliphatic heterocycles. The molecule has 3 nitrogen and oxygen atoms in total. The number of rotatable bonds is 6. The van der Waals surface area contributed by atoms with E-state index in [0.29, 0.717) is 11.5 Å². The van der Waals surface area contributed by atoms with Crippen LogP contribution in [0.5, 0.6) is 0 Å². The van der Waals surface area contributed by atoms with Gasteiger partial charge < -0.3 is 5.32 Å². The Bertz CT molecular complexity index is 404. The van der Waals surface area contributed by atoms with Crippen molar-refractivity contribution in [3.05, 3.63) is 15.9 Å². The van der Waals surface area contributed by atoms with Crippen molar-refractivity contribution in [1.82, 2.24) is 15.1 Å². The molecule has 0 saturated carbocycles. The van der Waals surface area contributed by atoms with Crippen LogP contribution in [-0.2, 0) is 13.5 Å². The van der Waals surface area contributed by atoms with Crippen LogP contribution < -0.4 is 5.32 Å². The first kappa shape index (κ1) is 16.7.